The molecule has 15 rings (SSSR count). The molecule has 0 radical (unpaired) electrons. The lowest BCUT2D eigenvalue weighted by Gasteiger charge is -2.24. The number of aliphatic hydroxyl groups is 2. The van der Waals surface area contributed by atoms with Gasteiger partial charge in [0.15, 0.2) is 46.4 Å². The van der Waals surface area contributed by atoms with Gasteiger partial charge in [0.1, 0.15) is 79.5 Å². The Bertz CT molecular complexity index is 5010. The highest BCUT2D eigenvalue weighted by Gasteiger charge is 2.39. The van der Waals surface area contributed by atoms with E-state index in [0.717, 1.165) is 120 Å². The summed E-state index contributed by atoms with van der Waals surface area (Å²) in [6.45, 7) is 38.8. The maximum absolute atomic E-state index is 11.7. The van der Waals surface area contributed by atoms with Crippen molar-refractivity contribution in [3.05, 3.63) is 100 Å². The van der Waals surface area contributed by atoms with Crippen LogP contribution >= 0.6 is 12.4 Å². The number of amides is 4. The van der Waals surface area contributed by atoms with Crippen molar-refractivity contribution in [2.24, 2.45) is 17.6 Å². The zero-order valence-corrected chi connectivity index (χ0v) is 73.1. The lowest BCUT2D eigenvalue weighted by atomic mass is 10.0. The van der Waals surface area contributed by atoms with Crippen LogP contribution in [-0.2, 0) is 85.4 Å². The number of fused-ring (bicyclic) bond motifs is 9. The number of nitrogen functional groups attached to an aromatic ring is 2. The maximum Gasteiger partial charge on any atom is 0.411 e. The van der Waals surface area contributed by atoms with Crippen LogP contribution in [0.4, 0.5) is 31.1 Å². The number of ether oxygens (including phenoxy) is 6. The van der Waals surface area contributed by atoms with E-state index in [4.69, 9.17) is 63.9 Å². The SMILES string of the molecule is CC(=O)CC1CN(C(=O)OC(C)(C)C)CC1=O.CC(=O)CC1CN(C(=O)OC(C)(C)C)CC1O.CC(C)(C)OC(=O)N1CC(N)C(O)C1.CCCc1nc2c3cccc(OC)c3nc(N)n2n1.COc1cccc2c1nc(N)n1nc(CCN3Cc4nc(C)oc4C3)nc21.Cc1nc2c(o1)CN(C(=O)OC(C)(C)C)C2.Cc1nc2c(o1)CNC2.Cl. The molecule has 0 saturated carbocycles. The van der Waals surface area contributed by atoms with Crippen LogP contribution in [0.2, 0.25) is 0 Å². The first-order valence-electron chi connectivity index (χ1n) is 39.5. The number of aryl methyl sites for hydroxylation is 4. The number of aromatic nitrogens is 11. The van der Waals surface area contributed by atoms with E-state index in [1.807, 2.05) is 71.0 Å². The summed E-state index contributed by atoms with van der Waals surface area (Å²) in [6, 6.07) is 11.1. The van der Waals surface area contributed by atoms with Gasteiger partial charge in [-0.3, -0.25) is 14.6 Å². The molecule has 0 spiro atoms. The minimum Gasteiger partial charge on any atom is -0.494 e. The van der Waals surface area contributed by atoms with E-state index >= 15 is 0 Å². The van der Waals surface area contributed by atoms with Crippen LogP contribution < -0.4 is 32.0 Å². The Balaban J connectivity index is 0.000000177. The van der Waals surface area contributed by atoms with Crippen LogP contribution in [0.25, 0.3) is 33.1 Å². The molecule has 6 aliphatic heterocycles. The maximum atomic E-state index is 11.7. The number of methoxy groups -OCH3 is 2. The second-order valence-electron chi connectivity index (χ2n) is 33.8. The van der Waals surface area contributed by atoms with Gasteiger partial charge in [0, 0.05) is 108 Å². The molecule has 4 amide bonds. The van der Waals surface area contributed by atoms with E-state index in [2.05, 4.69) is 57.2 Å². The van der Waals surface area contributed by atoms with E-state index in [0.29, 0.717) is 85.0 Å². The molecule has 38 nitrogen and oxygen atoms in total. The fourth-order valence-corrected chi connectivity index (χ4v) is 13.4. The Kier molecular flexibility index (Phi) is 31.5. The predicted molar refractivity (Wildman–Crippen MR) is 443 cm³/mol. The Labute approximate surface area is 702 Å². The Morgan fingerprint density at radius 1 is 0.517 bits per heavy atom. The normalized spacial score (nSPS) is 17.9. The number of ketones is 3. The number of β-amino-alcohol motifs (C(OH)–C–C–N with tert-alkyl or cyclic N) is 2. The second-order valence-corrected chi connectivity index (χ2v) is 33.8. The molecule has 2 aromatic carbocycles. The number of hydrogen-bond acceptors (Lipinski definition) is 32. The number of halogens is 1. The van der Waals surface area contributed by atoms with E-state index < -0.39 is 52.9 Å². The van der Waals surface area contributed by atoms with Crippen LogP contribution in [0.15, 0.2) is 49.6 Å². The van der Waals surface area contributed by atoms with Gasteiger partial charge in [-0.2, -0.15) is 9.03 Å². The van der Waals surface area contributed by atoms with E-state index in [1.54, 1.807) is 97.4 Å². The Morgan fingerprint density at radius 2 is 0.958 bits per heavy atom. The van der Waals surface area contributed by atoms with Gasteiger partial charge in [-0.25, -0.2) is 54.1 Å². The summed E-state index contributed by atoms with van der Waals surface area (Å²) in [5, 5.41) is 32.9. The summed E-state index contributed by atoms with van der Waals surface area (Å²) in [5.74, 6) is 7.77. The summed E-state index contributed by atoms with van der Waals surface area (Å²) >= 11 is 0. The summed E-state index contributed by atoms with van der Waals surface area (Å²) in [5.41, 5.74) is 21.3. The summed E-state index contributed by atoms with van der Waals surface area (Å²) in [7, 11) is 3.23. The predicted octanol–water partition coefficient (Wildman–Crippen LogP) is 9.31. The van der Waals surface area contributed by atoms with Crippen LogP contribution in [0.5, 0.6) is 11.5 Å². The third-order valence-electron chi connectivity index (χ3n) is 18.6. The van der Waals surface area contributed by atoms with Gasteiger partial charge >= 0.3 is 24.4 Å². The quantitative estimate of drug-likeness (QED) is 0.0656. The average molecular weight is 1690 g/mol. The number of nitrogens with zero attached hydrogens (tertiary/aromatic N) is 16. The molecule has 9 N–H and O–H groups in total. The van der Waals surface area contributed by atoms with Crippen molar-refractivity contribution in [1.82, 2.24) is 83.9 Å². The molecular formula is C81H117ClN20O18. The molecule has 5 atom stereocenters. The van der Waals surface area contributed by atoms with Crippen LogP contribution in [0.1, 0.15) is 187 Å². The third-order valence-corrected chi connectivity index (χ3v) is 18.6. The zero-order chi connectivity index (χ0) is 87.5. The molecule has 120 heavy (non-hydrogen) atoms. The first kappa shape index (κ1) is 94.6. The lowest BCUT2D eigenvalue weighted by molar-refractivity contribution is -0.124. The van der Waals surface area contributed by atoms with E-state index in [1.165, 1.54) is 28.5 Å². The minimum absolute atomic E-state index is 0. The van der Waals surface area contributed by atoms with Crippen molar-refractivity contribution in [3.63, 3.8) is 0 Å². The van der Waals surface area contributed by atoms with Crippen molar-refractivity contribution in [2.75, 3.05) is 71.5 Å². The van der Waals surface area contributed by atoms with E-state index in [9.17, 15) is 43.8 Å². The zero-order valence-electron chi connectivity index (χ0n) is 72.3. The number of carbonyl (C=O) groups is 7. The van der Waals surface area contributed by atoms with Crippen molar-refractivity contribution >= 4 is 99.1 Å². The minimum atomic E-state index is -0.637. The van der Waals surface area contributed by atoms with E-state index in [-0.39, 0.29) is 86.3 Å². The van der Waals surface area contributed by atoms with Gasteiger partial charge in [-0.1, -0.05) is 19.1 Å². The number of benzene rings is 2. The van der Waals surface area contributed by atoms with Gasteiger partial charge < -0.3 is 98.7 Å². The van der Waals surface area contributed by atoms with Gasteiger partial charge in [0.2, 0.25) is 11.9 Å². The van der Waals surface area contributed by atoms with Crippen LogP contribution in [0.3, 0.4) is 0 Å². The molecule has 0 aliphatic carbocycles. The molecule has 7 aromatic heterocycles. The lowest BCUT2D eigenvalue weighted by Crippen LogP contribution is -2.36. The smallest absolute Gasteiger partial charge is 0.411 e. The van der Waals surface area contributed by atoms with Gasteiger partial charge in [0.25, 0.3) is 0 Å². The molecule has 39 heteroatoms. The number of nitrogens with one attached hydrogen (secondary N) is 1. The first-order chi connectivity index (χ1) is 55.7. The molecule has 13 heterocycles. The molecule has 0 bridgehead atoms. The van der Waals surface area contributed by atoms with Crippen molar-refractivity contribution in [2.45, 2.75) is 237 Å². The topological polar surface area (TPSA) is 486 Å². The number of nitrogens with two attached hydrogens (primary N) is 3. The number of aliphatic hydroxyl groups excluding tert-OH is 2. The largest absolute Gasteiger partial charge is 0.494 e. The van der Waals surface area contributed by atoms with Crippen LogP contribution in [-0.4, -0.2) is 231 Å². The monoisotopic (exact) mass is 1690 g/mol. The van der Waals surface area contributed by atoms with Gasteiger partial charge in [0.05, 0.1) is 89.7 Å². The number of anilines is 2. The summed E-state index contributed by atoms with van der Waals surface area (Å²) in [6.07, 6.45) is 0.114. The third kappa shape index (κ3) is 26.0. The highest BCUT2D eigenvalue weighted by Crippen LogP contribution is 2.32. The molecule has 3 fully saturated rings. The fourth-order valence-electron chi connectivity index (χ4n) is 13.4. The van der Waals surface area contributed by atoms with Gasteiger partial charge in [-0.15, -0.1) is 22.6 Å². The standard InChI is InChI=1S/C18H19N7O2.C13H15N5O.C12H21NO4.C12H19NO4.C11H16N2O3.C9H18N2O3.C6H8N2O.ClH/c1-10-20-12-8-24(9-14(12)27-10)7-6-15-21-17-11-4-3-5-13(26-2)16(11)22-18(19)25(17)23-15;1-3-5-10-15-12-8-6-4-7-9(19-2)11(8)16-13(14)18(12)17-10;2*1-8(14)5-9-6-13(7-10(9)15)11(16)17-12(2,3)4;1-7-12-8-5-13(6-9(8)15-7)10(14)16-11(2,3)4;1-9(2,3)14-8(13)11-4-6(10)7(12)5-11;1-4-8-5-2-7-3-6(5)9-4;/h3-5H,6-9H2,1-2H3,(H2,19,22);4,6-7H,3,5H2,1-2H3,(H2,14,16);9-10,15H,5-7H2,1-4H3;9H,5-7H2,1-4H3;5-6H2,1-4H3;6-7,12H,4-5,10H2,1-3H3;7H,2-3H2,1H3;1H. The fraction of sp³-hybridized carbons (Fsp3) is 0.580. The number of hydrogen-bond donors (Lipinski definition) is 6. The number of para-hydroxylation sites is 2. The Hall–Kier alpha value is -10.9. The first-order valence-corrected chi connectivity index (χ1v) is 39.5. The number of rotatable bonds is 11. The molecule has 5 unspecified atom stereocenters. The highest BCUT2D eigenvalue weighted by molar-refractivity contribution is 5.97. The number of Topliss-reactive ketones (excluding diaryl/α,β-unsaturated/α-hetero) is 3. The van der Waals surface area contributed by atoms with Crippen molar-refractivity contribution < 1.29 is 85.4 Å². The summed E-state index contributed by atoms with van der Waals surface area (Å²) in [4.78, 5) is 119. The Morgan fingerprint density at radius 3 is 1.40 bits per heavy atom. The molecule has 3 saturated heterocycles. The summed E-state index contributed by atoms with van der Waals surface area (Å²) < 4.78 is 50.9. The molecule has 9 aromatic rings. The molecule has 656 valence electrons. The van der Waals surface area contributed by atoms with Crippen molar-refractivity contribution in [3.8, 4) is 11.5 Å². The average Bonchev–Trinajstić information content (AvgIpc) is 1.56. The second kappa shape index (κ2) is 40.0. The number of oxazole rings is 3. The van der Waals surface area contributed by atoms with Gasteiger partial charge in [-0.05, 0) is 128 Å². The molecule has 6 aliphatic rings. The highest BCUT2D eigenvalue weighted by atomic mass is 35.5. The van der Waals surface area contributed by atoms with Crippen molar-refractivity contribution in [1.29, 1.82) is 0 Å². The number of carbonyl (C=O) groups excluding carboxylic acids is 7. The van der Waals surface area contributed by atoms with Crippen LogP contribution in [0, 0.1) is 32.6 Å². The number of likely N-dealkylation sites (tertiary alicyclic amines) is 3. The molecular weight excluding hydrogens is 1580 g/mol.